The van der Waals surface area contributed by atoms with Gasteiger partial charge in [0.25, 0.3) is 5.91 Å². The number of fused-ring (bicyclic) bond motifs is 2. The van der Waals surface area contributed by atoms with Gasteiger partial charge in [0.2, 0.25) is 5.91 Å². The van der Waals surface area contributed by atoms with Crippen LogP contribution in [0.1, 0.15) is 32.1 Å². The molecule has 0 saturated carbocycles. The van der Waals surface area contributed by atoms with E-state index in [1.165, 1.54) is 0 Å². The third-order valence-electron chi connectivity index (χ3n) is 5.44. The highest BCUT2D eigenvalue weighted by Gasteiger charge is 2.49. The fourth-order valence-electron chi connectivity index (χ4n) is 3.90. The van der Waals surface area contributed by atoms with Crippen LogP contribution < -0.4 is 10.9 Å². The van der Waals surface area contributed by atoms with Crippen molar-refractivity contribution >= 4 is 28.2 Å². The highest BCUT2D eigenvalue weighted by molar-refractivity contribution is 7.80. The lowest BCUT2D eigenvalue weighted by Crippen LogP contribution is -2.54. The molecule has 0 radical (unpaired) electrons. The van der Waals surface area contributed by atoms with Gasteiger partial charge in [-0.15, -0.1) is 4.28 Å². The van der Waals surface area contributed by atoms with Crippen LogP contribution in [0.2, 0.25) is 0 Å². The van der Waals surface area contributed by atoms with Crippen molar-refractivity contribution in [3.63, 3.8) is 0 Å². The third kappa shape index (κ3) is 4.90. The minimum absolute atomic E-state index is 0.0932. The summed E-state index contributed by atoms with van der Waals surface area (Å²) in [5.41, 5.74) is 4.74. The molecule has 3 rings (SSSR count). The first-order chi connectivity index (χ1) is 13.1. The molecule has 2 bridgehead atoms. The van der Waals surface area contributed by atoms with Gasteiger partial charge in [0.15, 0.2) is 0 Å². The zero-order valence-electron chi connectivity index (χ0n) is 15.5. The molecule has 158 valence electrons. The molecule has 0 aromatic rings. The summed E-state index contributed by atoms with van der Waals surface area (Å²) >= 11 is 0. The average Bonchev–Trinajstić information content (AvgIpc) is 2.85. The lowest BCUT2D eigenvalue weighted by Gasteiger charge is -2.30. The smallest absolute Gasteiger partial charge is 0.309 e. The monoisotopic (exact) mass is 419 g/mol. The Kier molecular flexibility index (Phi) is 6.07. The Morgan fingerprint density at radius 1 is 1.18 bits per heavy atom. The number of hydroxylamine groups is 2. The van der Waals surface area contributed by atoms with Crippen LogP contribution in [0.15, 0.2) is 0 Å². The van der Waals surface area contributed by atoms with Crippen molar-refractivity contribution in [2.45, 2.75) is 44.2 Å². The minimum Gasteiger partial charge on any atom is -0.309 e. The van der Waals surface area contributed by atoms with Crippen LogP contribution in [0.5, 0.6) is 0 Å². The quantitative estimate of drug-likeness (QED) is 0.374. The predicted molar refractivity (Wildman–Crippen MR) is 94.5 cm³/mol. The molecule has 3 aliphatic rings. The van der Waals surface area contributed by atoms with Crippen molar-refractivity contribution in [2.75, 3.05) is 26.7 Å². The van der Waals surface area contributed by atoms with Gasteiger partial charge in [0.1, 0.15) is 6.04 Å². The van der Waals surface area contributed by atoms with E-state index in [0.717, 1.165) is 30.8 Å². The van der Waals surface area contributed by atoms with E-state index in [1.54, 1.807) is 0 Å². The van der Waals surface area contributed by atoms with Gasteiger partial charge >= 0.3 is 16.4 Å². The molecule has 4 amide bonds. The van der Waals surface area contributed by atoms with E-state index in [2.05, 4.69) is 20.0 Å². The lowest BCUT2D eigenvalue weighted by atomic mass is 9.94. The number of hydrogen-bond donors (Lipinski definition) is 3. The zero-order valence-corrected chi connectivity index (χ0v) is 16.4. The molecular formula is C15H25N5O7S. The van der Waals surface area contributed by atoms with E-state index >= 15 is 0 Å². The van der Waals surface area contributed by atoms with E-state index in [9.17, 15) is 22.8 Å². The number of carbonyl (C=O) groups is 3. The SMILES string of the molecule is CN1CCC(CC(=O)NNC(=O)[C@@H]2CC[C@@H]3CN2C(=O)N3OS(=O)(=O)O)CC1. The summed E-state index contributed by atoms with van der Waals surface area (Å²) in [4.78, 5) is 40.1. The average molecular weight is 419 g/mol. The van der Waals surface area contributed by atoms with E-state index < -0.39 is 34.4 Å². The molecule has 28 heavy (non-hydrogen) atoms. The molecule has 12 nitrogen and oxygen atoms in total. The lowest BCUT2D eigenvalue weighted by molar-refractivity contribution is -0.132. The molecule has 0 unspecified atom stereocenters. The normalized spacial score (nSPS) is 26.4. The summed E-state index contributed by atoms with van der Waals surface area (Å²) in [5.74, 6) is -0.576. The van der Waals surface area contributed by atoms with Gasteiger partial charge in [-0.25, -0.2) is 4.79 Å². The van der Waals surface area contributed by atoms with Crippen molar-refractivity contribution in [2.24, 2.45) is 5.92 Å². The third-order valence-corrected chi connectivity index (χ3v) is 5.79. The van der Waals surface area contributed by atoms with E-state index in [4.69, 9.17) is 4.55 Å². The molecule has 0 spiro atoms. The first-order valence-corrected chi connectivity index (χ1v) is 10.5. The molecule has 2 atom stereocenters. The molecule has 3 N–H and O–H groups in total. The first kappa shape index (κ1) is 20.8. The highest BCUT2D eigenvalue weighted by atomic mass is 32.3. The van der Waals surface area contributed by atoms with Crippen LogP contribution in [-0.2, 0) is 24.3 Å². The van der Waals surface area contributed by atoms with Crippen LogP contribution in [0.25, 0.3) is 0 Å². The molecule has 0 aromatic heterocycles. The maximum absolute atomic E-state index is 12.4. The minimum atomic E-state index is -4.84. The van der Waals surface area contributed by atoms with Crippen molar-refractivity contribution in [1.29, 1.82) is 0 Å². The van der Waals surface area contributed by atoms with Gasteiger partial charge < -0.3 is 9.80 Å². The molecule has 3 saturated heterocycles. The number of piperidine rings is 2. The van der Waals surface area contributed by atoms with E-state index in [-0.39, 0.29) is 24.8 Å². The van der Waals surface area contributed by atoms with Gasteiger partial charge in [-0.2, -0.15) is 13.5 Å². The predicted octanol–water partition coefficient (Wildman–Crippen LogP) is -1.13. The molecule has 3 aliphatic heterocycles. The maximum Gasteiger partial charge on any atom is 0.418 e. The van der Waals surface area contributed by atoms with Gasteiger partial charge in [-0.05, 0) is 51.7 Å². The Balaban J connectivity index is 1.49. The van der Waals surface area contributed by atoms with Gasteiger partial charge in [-0.3, -0.25) is 25.0 Å². The van der Waals surface area contributed by atoms with Crippen molar-refractivity contribution in [3.8, 4) is 0 Å². The van der Waals surface area contributed by atoms with Crippen LogP contribution in [-0.4, -0.2) is 84.4 Å². The fourth-order valence-corrected chi connectivity index (χ4v) is 4.29. The Labute approximate surface area is 163 Å². The zero-order chi connectivity index (χ0) is 20.5. The summed E-state index contributed by atoms with van der Waals surface area (Å²) in [6.45, 7) is 1.97. The van der Waals surface area contributed by atoms with Crippen molar-refractivity contribution in [3.05, 3.63) is 0 Å². The summed E-state index contributed by atoms with van der Waals surface area (Å²) < 4.78 is 34.9. The van der Waals surface area contributed by atoms with Gasteiger partial charge in [0, 0.05) is 13.0 Å². The summed E-state index contributed by atoms with van der Waals surface area (Å²) in [5, 5.41) is 0.571. The number of hydrazine groups is 1. The molecule has 0 aliphatic carbocycles. The van der Waals surface area contributed by atoms with Gasteiger partial charge in [0.05, 0.1) is 6.04 Å². The number of amides is 4. The first-order valence-electron chi connectivity index (χ1n) is 9.18. The van der Waals surface area contributed by atoms with Crippen LogP contribution in [0.3, 0.4) is 0 Å². The number of nitrogens with one attached hydrogen (secondary N) is 2. The Bertz CT molecular complexity index is 737. The van der Waals surface area contributed by atoms with Crippen LogP contribution in [0, 0.1) is 5.92 Å². The number of nitrogens with zero attached hydrogens (tertiary/aromatic N) is 3. The van der Waals surface area contributed by atoms with E-state index in [1.807, 2.05) is 7.05 Å². The number of likely N-dealkylation sites (tertiary alicyclic amines) is 1. The van der Waals surface area contributed by atoms with Crippen LogP contribution >= 0.6 is 0 Å². The molecule has 0 aromatic carbocycles. The second kappa shape index (κ2) is 8.19. The summed E-state index contributed by atoms with van der Waals surface area (Å²) in [6.07, 6.45) is 2.76. The highest BCUT2D eigenvalue weighted by Crippen LogP contribution is 2.30. The Morgan fingerprint density at radius 3 is 2.50 bits per heavy atom. The molecule has 3 heterocycles. The summed E-state index contributed by atoms with van der Waals surface area (Å²) in [6, 6.07) is -2.25. The Morgan fingerprint density at radius 2 is 1.86 bits per heavy atom. The maximum atomic E-state index is 12.4. The van der Waals surface area contributed by atoms with Crippen molar-refractivity contribution < 1.29 is 31.6 Å². The standard InChI is InChI=1S/C15H25N5O7S/c1-18-6-4-10(5-7-18)8-13(21)16-17-14(22)12-3-2-11-9-19(12)15(23)20(11)27-28(24,25)26/h10-12H,2-9H2,1H3,(H,16,21)(H,17,22)(H,24,25,26)/t11-,12+/m1/s1. The topological polar surface area (TPSA) is 149 Å². The second-order valence-electron chi connectivity index (χ2n) is 7.50. The number of rotatable bonds is 5. The molecule has 13 heteroatoms. The Hall–Kier alpha value is -1.96. The second-order valence-corrected chi connectivity index (χ2v) is 8.50. The van der Waals surface area contributed by atoms with E-state index in [0.29, 0.717) is 17.9 Å². The number of urea groups is 1. The number of hydrogen-bond acceptors (Lipinski definition) is 7. The summed E-state index contributed by atoms with van der Waals surface area (Å²) in [7, 11) is -2.80. The van der Waals surface area contributed by atoms with Crippen LogP contribution in [0.4, 0.5) is 4.79 Å². The largest absolute Gasteiger partial charge is 0.418 e. The molecule has 3 fully saturated rings. The molecular weight excluding hydrogens is 394 g/mol. The fraction of sp³-hybridized carbons (Fsp3) is 0.800. The van der Waals surface area contributed by atoms with Crippen molar-refractivity contribution in [1.82, 2.24) is 25.7 Å². The van der Waals surface area contributed by atoms with Gasteiger partial charge in [-0.1, -0.05) is 0 Å². The number of carbonyl (C=O) groups excluding carboxylic acids is 3.